The van der Waals surface area contributed by atoms with Gasteiger partial charge in [0.25, 0.3) is 0 Å². The zero-order valence-electron chi connectivity index (χ0n) is 14.9. The van der Waals surface area contributed by atoms with Crippen molar-refractivity contribution in [2.45, 2.75) is 39.7 Å². The Balaban J connectivity index is 2.10. The van der Waals surface area contributed by atoms with E-state index >= 15 is 0 Å². The molecule has 1 aromatic carbocycles. The molecule has 24 heavy (non-hydrogen) atoms. The first-order chi connectivity index (χ1) is 11.4. The van der Waals surface area contributed by atoms with Crippen LogP contribution in [-0.2, 0) is 9.59 Å². The monoisotopic (exact) mass is 333 g/mol. The van der Waals surface area contributed by atoms with Gasteiger partial charge in [-0.25, -0.2) is 0 Å². The van der Waals surface area contributed by atoms with Crippen LogP contribution in [0.25, 0.3) is 0 Å². The highest BCUT2D eigenvalue weighted by Crippen LogP contribution is 2.29. The first kappa shape index (κ1) is 18.1. The Labute approximate surface area is 143 Å². The smallest absolute Gasteiger partial charge is 0.244 e. The summed E-state index contributed by atoms with van der Waals surface area (Å²) in [7, 11) is 1.58. The molecule has 0 saturated carbocycles. The fraction of sp³-hybridized carbons (Fsp3) is 0.556. The minimum Gasteiger partial charge on any atom is -0.495 e. The number of rotatable bonds is 5. The fourth-order valence-corrected chi connectivity index (χ4v) is 3.06. The van der Waals surface area contributed by atoms with Crippen LogP contribution in [0.15, 0.2) is 18.2 Å². The zero-order chi connectivity index (χ0) is 17.7. The molecule has 0 aliphatic carbocycles. The van der Waals surface area contributed by atoms with Crippen molar-refractivity contribution >= 4 is 23.2 Å². The maximum absolute atomic E-state index is 12.7. The minimum atomic E-state index is -0.364. The van der Waals surface area contributed by atoms with Crippen molar-refractivity contribution in [2.24, 2.45) is 5.92 Å². The van der Waals surface area contributed by atoms with Gasteiger partial charge in [0.1, 0.15) is 11.8 Å². The van der Waals surface area contributed by atoms with Gasteiger partial charge in [0, 0.05) is 25.7 Å². The average molecular weight is 333 g/mol. The second-order valence-corrected chi connectivity index (χ2v) is 6.49. The third kappa shape index (κ3) is 4.63. The molecule has 1 heterocycles. The number of amides is 2. The first-order valence-corrected chi connectivity index (χ1v) is 8.41. The van der Waals surface area contributed by atoms with Crippen molar-refractivity contribution in [2.75, 3.05) is 30.8 Å². The number of hydrogen-bond acceptors (Lipinski definition) is 4. The number of likely N-dealkylation sites (tertiary alicyclic amines) is 1. The number of methoxy groups -OCH3 is 1. The molecule has 1 aliphatic heterocycles. The summed E-state index contributed by atoms with van der Waals surface area (Å²) in [4.78, 5) is 25.8. The second kappa shape index (κ2) is 8.04. The highest BCUT2D eigenvalue weighted by atomic mass is 16.5. The predicted octanol–water partition coefficient (Wildman–Crippen LogP) is 2.71. The third-order valence-corrected chi connectivity index (χ3v) is 4.23. The largest absolute Gasteiger partial charge is 0.495 e. The van der Waals surface area contributed by atoms with Crippen molar-refractivity contribution in [3.05, 3.63) is 18.2 Å². The Kier molecular flexibility index (Phi) is 6.06. The molecule has 1 aromatic rings. The Morgan fingerprint density at radius 3 is 2.75 bits per heavy atom. The number of nitrogens with zero attached hydrogens (tertiary/aromatic N) is 1. The van der Waals surface area contributed by atoms with E-state index in [9.17, 15) is 9.59 Å². The quantitative estimate of drug-likeness (QED) is 0.869. The van der Waals surface area contributed by atoms with Crippen molar-refractivity contribution in [3.63, 3.8) is 0 Å². The van der Waals surface area contributed by atoms with Crippen LogP contribution in [0.2, 0.25) is 0 Å². The van der Waals surface area contributed by atoms with E-state index in [1.807, 2.05) is 11.8 Å². The maximum atomic E-state index is 12.7. The second-order valence-electron chi connectivity index (χ2n) is 6.49. The lowest BCUT2D eigenvalue weighted by Crippen LogP contribution is -2.45. The summed E-state index contributed by atoms with van der Waals surface area (Å²) in [5.74, 6) is 1.13. The summed E-state index contributed by atoms with van der Waals surface area (Å²) in [5, 5.41) is 5.96. The van der Waals surface area contributed by atoms with E-state index in [1.165, 1.54) is 13.3 Å². The molecule has 6 heteroatoms. The molecule has 2 N–H and O–H groups in total. The van der Waals surface area contributed by atoms with Crippen LogP contribution >= 0.6 is 0 Å². The lowest BCUT2D eigenvalue weighted by molar-refractivity contribution is -0.133. The molecule has 132 valence electrons. The highest BCUT2D eigenvalue weighted by Gasteiger charge is 2.25. The number of carbonyl (C=O) groups excluding carboxylic acids is 2. The van der Waals surface area contributed by atoms with E-state index in [0.717, 1.165) is 19.5 Å². The van der Waals surface area contributed by atoms with Crippen LogP contribution < -0.4 is 15.4 Å². The molecule has 0 unspecified atom stereocenters. The van der Waals surface area contributed by atoms with Crippen LogP contribution in [0.1, 0.15) is 33.6 Å². The van der Waals surface area contributed by atoms with Crippen molar-refractivity contribution in [3.8, 4) is 5.75 Å². The number of carbonyl (C=O) groups is 2. The molecule has 1 aliphatic rings. The normalized spacial score (nSPS) is 18.7. The van der Waals surface area contributed by atoms with Gasteiger partial charge < -0.3 is 20.3 Å². The van der Waals surface area contributed by atoms with Crippen molar-refractivity contribution in [1.29, 1.82) is 0 Å². The van der Waals surface area contributed by atoms with Crippen LogP contribution in [0.3, 0.4) is 0 Å². The topological polar surface area (TPSA) is 70.7 Å². The van der Waals surface area contributed by atoms with Gasteiger partial charge in [-0.3, -0.25) is 9.59 Å². The van der Waals surface area contributed by atoms with Gasteiger partial charge >= 0.3 is 0 Å². The number of anilines is 2. The van der Waals surface area contributed by atoms with E-state index in [1.54, 1.807) is 25.3 Å². The van der Waals surface area contributed by atoms with Gasteiger partial charge in [-0.05, 0) is 43.9 Å². The minimum absolute atomic E-state index is 0.0912. The molecular formula is C18H27N3O3. The summed E-state index contributed by atoms with van der Waals surface area (Å²) in [5.41, 5.74) is 1.35. The average Bonchev–Trinajstić information content (AvgIpc) is 2.54. The highest BCUT2D eigenvalue weighted by molar-refractivity contribution is 5.90. The van der Waals surface area contributed by atoms with Crippen LogP contribution in [0.4, 0.5) is 11.4 Å². The Morgan fingerprint density at radius 2 is 2.12 bits per heavy atom. The Morgan fingerprint density at radius 1 is 1.38 bits per heavy atom. The Hall–Kier alpha value is -2.24. The number of hydrogen-bond donors (Lipinski definition) is 2. The molecular weight excluding hydrogens is 306 g/mol. The summed E-state index contributed by atoms with van der Waals surface area (Å²) in [6.45, 7) is 7.12. The van der Waals surface area contributed by atoms with E-state index in [4.69, 9.17) is 4.74 Å². The number of nitrogens with one attached hydrogen (secondary N) is 2. The standard InChI is InChI=1S/C18H27N3O3/c1-12-6-5-9-21(11-12)18(23)13(2)19-16-10-15(20-14(3)22)7-8-17(16)24-4/h7-8,10,12-13,19H,5-6,9,11H2,1-4H3,(H,20,22)/t12-,13+/m0/s1. The molecule has 6 nitrogen and oxygen atoms in total. The Bertz CT molecular complexity index is 603. The first-order valence-electron chi connectivity index (χ1n) is 8.41. The van der Waals surface area contributed by atoms with Gasteiger partial charge in [-0.2, -0.15) is 0 Å². The van der Waals surface area contributed by atoms with E-state index in [2.05, 4.69) is 17.6 Å². The van der Waals surface area contributed by atoms with Gasteiger partial charge in [-0.1, -0.05) is 6.92 Å². The van der Waals surface area contributed by atoms with Gasteiger partial charge in [0.05, 0.1) is 12.8 Å². The predicted molar refractivity (Wildman–Crippen MR) is 95.4 cm³/mol. The van der Waals surface area contributed by atoms with Crippen LogP contribution in [-0.4, -0.2) is 43.0 Å². The van der Waals surface area contributed by atoms with Crippen molar-refractivity contribution in [1.82, 2.24) is 4.90 Å². The van der Waals surface area contributed by atoms with Crippen molar-refractivity contribution < 1.29 is 14.3 Å². The number of benzene rings is 1. The molecule has 1 saturated heterocycles. The summed E-state index contributed by atoms with van der Waals surface area (Å²) >= 11 is 0. The zero-order valence-corrected chi connectivity index (χ0v) is 14.9. The van der Waals surface area contributed by atoms with Gasteiger partial charge in [0.15, 0.2) is 0 Å². The molecule has 0 bridgehead atoms. The molecule has 0 spiro atoms. The maximum Gasteiger partial charge on any atom is 0.244 e. The fourth-order valence-electron chi connectivity index (χ4n) is 3.06. The summed E-state index contributed by atoms with van der Waals surface area (Å²) < 4.78 is 5.35. The van der Waals surface area contributed by atoms with E-state index in [-0.39, 0.29) is 17.9 Å². The summed E-state index contributed by atoms with van der Waals surface area (Å²) in [6, 6.07) is 4.96. The molecule has 0 aromatic heterocycles. The lowest BCUT2D eigenvalue weighted by Gasteiger charge is -2.33. The number of ether oxygens (including phenoxy) is 1. The molecule has 1 fully saturated rings. The van der Waals surface area contributed by atoms with Gasteiger partial charge in [-0.15, -0.1) is 0 Å². The van der Waals surface area contributed by atoms with Gasteiger partial charge in [0.2, 0.25) is 11.8 Å². The third-order valence-electron chi connectivity index (χ3n) is 4.23. The van der Waals surface area contributed by atoms with Crippen LogP contribution in [0, 0.1) is 5.92 Å². The SMILES string of the molecule is COc1ccc(NC(C)=O)cc1N[C@H](C)C(=O)N1CCC[C@H](C)C1. The van der Waals surface area contributed by atoms with E-state index < -0.39 is 0 Å². The van der Waals surface area contributed by atoms with E-state index in [0.29, 0.717) is 23.0 Å². The number of piperidine rings is 1. The molecule has 2 amide bonds. The molecule has 2 rings (SSSR count). The molecule has 2 atom stereocenters. The molecule has 0 radical (unpaired) electrons. The lowest BCUT2D eigenvalue weighted by atomic mass is 10.00. The summed E-state index contributed by atoms with van der Waals surface area (Å²) in [6.07, 6.45) is 2.24. The van der Waals surface area contributed by atoms with Crippen LogP contribution in [0.5, 0.6) is 5.75 Å².